The number of nitriles is 2. The van der Waals surface area contributed by atoms with Gasteiger partial charge >= 0.3 is 0 Å². The van der Waals surface area contributed by atoms with Gasteiger partial charge in [-0.2, -0.15) is 10.5 Å². The average molecular weight is 284 g/mol. The second-order valence-corrected chi connectivity index (χ2v) is 4.93. The summed E-state index contributed by atoms with van der Waals surface area (Å²) in [6, 6.07) is 23.0. The minimum Gasteiger partial charge on any atom is -0.386 e. The van der Waals surface area contributed by atoms with Crippen molar-refractivity contribution in [2.24, 2.45) is 10.7 Å². The summed E-state index contributed by atoms with van der Waals surface area (Å²) in [6.45, 7) is 0. The van der Waals surface area contributed by atoms with Crippen LogP contribution in [0.1, 0.15) is 11.1 Å². The first-order chi connectivity index (χ1) is 10.7. The Hall–Kier alpha value is -3.37. The zero-order valence-electron chi connectivity index (χ0n) is 11.7. The van der Waals surface area contributed by atoms with Crippen LogP contribution in [0.5, 0.6) is 0 Å². The van der Waals surface area contributed by atoms with E-state index >= 15 is 0 Å². The number of rotatable bonds is 2. The lowest BCUT2D eigenvalue weighted by atomic mass is 9.69. The zero-order valence-corrected chi connectivity index (χ0v) is 11.7. The van der Waals surface area contributed by atoms with Crippen molar-refractivity contribution < 1.29 is 0 Å². The molecule has 0 unspecified atom stereocenters. The van der Waals surface area contributed by atoms with Gasteiger partial charge in [-0.05, 0) is 11.1 Å². The zero-order chi connectivity index (χ0) is 15.6. The molecule has 2 aromatic carbocycles. The quantitative estimate of drug-likeness (QED) is 0.919. The van der Waals surface area contributed by atoms with E-state index in [0.29, 0.717) is 0 Å². The molecule has 1 aliphatic heterocycles. The maximum absolute atomic E-state index is 9.66. The molecular formula is C18H12N4. The molecule has 0 bridgehead atoms. The van der Waals surface area contributed by atoms with Gasteiger partial charge in [-0.1, -0.05) is 60.7 Å². The molecule has 0 atom stereocenters. The topological polar surface area (TPSA) is 86.0 Å². The summed E-state index contributed by atoms with van der Waals surface area (Å²) in [4.78, 5) is 4.16. The van der Waals surface area contributed by atoms with E-state index in [1.54, 1.807) is 0 Å². The highest BCUT2D eigenvalue weighted by molar-refractivity contribution is 6.03. The SMILES string of the molecule is N#CC1=C(C#N)C(c2ccccc2)(c2ccccc2)C(N)=N1. The van der Waals surface area contributed by atoms with Gasteiger partial charge in [0.1, 0.15) is 17.3 Å². The van der Waals surface area contributed by atoms with Gasteiger partial charge in [0.25, 0.3) is 0 Å². The van der Waals surface area contributed by atoms with Crippen LogP contribution >= 0.6 is 0 Å². The molecule has 1 aliphatic rings. The molecule has 0 aromatic heterocycles. The lowest BCUT2D eigenvalue weighted by Gasteiger charge is -2.30. The van der Waals surface area contributed by atoms with Gasteiger partial charge in [-0.3, -0.25) is 0 Å². The third-order valence-corrected chi connectivity index (χ3v) is 3.86. The van der Waals surface area contributed by atoms with Crippen LogP contribution in [0.2, 0.25) is 0 Å². The molecule has 1 heterocycles. The predicted octanol–water partition coefficient (Wildman–Crippen LogP) is 2.64. The summed E-state index contributed by atoms with van der Waals surface area (Å²) in [5.74, 6) is 0.248. The molecule has 0 spiro atoms. The molecule has 0 aliphatic carbocycles. The number of allylic oxidation sites excluding steroid dienone is 1. The summed E-state index contributed by atoms with van der Waals surface area (Å²) >= 11 is 0. The molecule has 0 saturated carbocycles. The van der Waals surface area contributed by atoms with Crippen LogP contribution < -0.4 is 5.73 Å². The smallest absolute Gasteiger partial charge is 0.157 e. The van der Waals surface area contributed by atoms with Crippen molar-refractivity contribution in [3.63, 3.8) is 0 Å². The van der Waals surface area contributed by atoms with E-state index in [1.165, 1.54) is 0 Å². The molecule has 4 nitrogen and oxygen atoms in total. The summed E-state index contributed by atoms with van der Waals surface area (Å²) in [6.07, 6.45) is 0. The Balaban J connectivity index is 2.42. The lowest BCUT2D eigenvalue weighted by Crippen LogP contribution is -2.41. The van der Waals surface area contributed by atoms with E-state index in [-0.39, 0.29) is 17.1 Å². The summed E-state index contributed by atoms with van der Waals surface area (Å²) in [5, 5.41) is 18.9. The molecule has 104 valence electrons. The summed E-state index contributed by atoms with van der Waals surface area (Å²) < 4.78 is 0. The third-order valence-electron chi connectivity index (χ3n) is 3.86. The number of benzene rings is 2. The second kappa shape index (κ2) is 5.20. The number of nitrogens with two attached hydrogens (primary N) is 1. The van der Waals surface area contributed by atoms with E-state index in [4.69, 9.17) is 5.73 Å². The van der Waals surface area contributed by atoms with Gasteiger partial charge in [0.05, 0.1) is 11.6 Å². The van der Waals surface area contributed by atoms with Crippen molar-refractivity contribution in [2.45, 2.75) is 5.41 Å². The molecule has 22 heavy (non-hydrogen) atoms. The molecule has 2 N–H and O–H groups in total. The number of nitrogens with zero attached hydrogens (tertiary/aromatic N) is 3. The van der Waals surface area contributed by atoms with Gasteiger partial charge < -0.3 is 5.73 Å². The fourth-order valence-corrected chi connectivity index (χ4v) is 2.91. The molecule has 4 heteroatoms. The van der Waals surface area contributed by atoms with Gasteiger partial charge in [0, 0.05) is 0 Å². The van der Waals surface area contributed by atoms with Crippen LogP contribution in [0.4, 0.5) is 0 Å². The predicted molar refractivity (Wildman–Crippen MR) is 83.5 cm³/mol. The number of amidine groups is 1. The van der Waals surface area contributed by atoms with Gasteiger partial charge in [0.2, 0.25) is 0 Å². The van der Waals surface area contributed by atoms with E-state index < -0.39 is 5.41 Å². The third kappa shape index (κ3) is 1.72. The minimum atomic E-state index is -0.998. The van der Waals surface area contributed by atoms with Gasteiger partial charge in [0.15, 0.2) is 5.70 Å². The van der Waals surface area contributed by atoms with Crippen molar-refractivity contribution in [1.29, 1.82) is 10.5 Å². The molecule has 3 rings (SSSR count). The lowest BCUT2D eigenvalue weighted by molar-refractivity contribution is 0.837. The van der Waals surface area contributed by atoms with Crippen LogP contribution in [0.3, 0.4) is 0 Å². The van der Waals surface area contributed by atoms with Crippen molar-refractivity contribution >= 4 is 5.84 Å². The Labute approximate surface area is 128 Å². The number of hydrogen-bond donors (Lipinski definition) is 1. The molecule has 0 saturated heterocycles. The van der Waals surface area contributed by atoms with E-state index in [2.05, 4.69) is 11.1 Å². The fraction of sp³-hybridized carbons (Fsp3) is 0.0556. The Morgan fingerprint density at radius 3 is 1.73 bits per heavy atom. The normalized spacial score (nSPS) is 15.8. The average Bonchev–Trinajstić information content (AvgIpc) is 2.88. The molecule has 0 amide bonds. The highest BCUT2D eigenvalue weighted by Gasteiger charge is 2.48. The first-order valence-corrected chi connectivity index (χ1v) is 6.75. The highest BCUT2D eigenvalue weighted by atomic mass is 14.9. The largest absolute Gasteiger partial charge is 0.386 e. The Kier molecular flexibility index (Phi) is 3.21. The van der Waals surface area contributed by atoms with E-state index in [1.807, 2.05) is 66.7 Å². The fourth-order valence-electron chi connectivity index (χ4n) is 2.91. The number of hydrogen-bond acceptors (Lipinski definition) is 4. The maximum atomic E-state index is 9.66. The highest BCUT2D eigenvalue weighted by Crippen LogP contribution is 2.44. The van der Waals surface area contributed by atoms with Crippen molar-refractivity contribution in [3.05, 3.63) is 83.1 Å². The van der Waals surface area contributed by atoms with Crippen molar-refractivity contribution in [2.75, 3.05) is 0 Å². The van der Waals surface area contributed by atoms with Gasteiger partial charge in [-0.25, -0.2) is 4.99 Å². The second-order valence-electron chi connectivity index (χ2n) is 4.93. The summed E-state index contributed by atoms with van der Waals surface area (Å²) in [7, 11) is 0. The summed E-state index contributed by atoms with van der Waals surface area (Å²) in [5.41, 5.74) is 7.21. The molecule has 2 aromatic rings. The standard InChI is InChI=1S/C18H12N4/c19-11-15-16(12-20)22-17(21)18(15,13-7-3-1-4-8-13)14-9-5-2-6-10-14/h1-10H,(H2,21,22). The number of aliphatic imine (C=N–C) groups is 1. The van der Waals surface area contributed by atoms with Crippen LogP contribution in [0.25, 0.3) is 0 Å². The molecule has 0 fully saturated rings. The first kappa shape index (κ1) is 13.6. The minimum absolute atomic E-state index is 0.0766. The molecular weight excluding hydrogens is 272 g/mol. The van der Waals surface area contributed by atoms with Crippen LogP contribution in [-0.2, 0) is 5.41 Å². The van der Waals surface area contributed by atoms with Crippen LogP contribution in [0, 0.1) is 22.7 Å². The Morgan fingerprint density at radius 2 is 1.32 bits per heavy atom. The van der Waals surface area contributed by atoms with E-state index in [0.717, 1.165) is 11.1 Å². The monoisotopic (exact) mass is 284 g/mol. The Bertz CT molecular complexity index is 810. The van der Waals surface area contributed by atoms with E-state index in [9.17, 15) is 10.5 Å². The Morgan fingerprint density at radius 1 is 0.818 bits per heavy atom. The van der Waals surface area contributed by atoms with Crippen molar-refractivity contribution in [3.8, 4) is 12.1 Å². The van der Waals surface area contributed by atoms with Crippen LogP contribution in [-0.4, -0.2) is 5.84 Å². The molecule has 0 radical (unpaired) electrons. The van der Waals surface area contributed by atoms with Crippen molar-refractivity contribution in [1.82, 2.24) is 0 Å². The maximum Gasteiger partial charge on any atom is 0.157 e. The van der Waals surface area contributed by atoms with Crippen LogP contribution in [0.15, 0.2) is 76.9 Å². The van der Waals surface area contributed by atoms with Gasteiger partial charge in [-0.15, -0.1) is 0 Å². The first-order valence-electron chi connectivity index (χ1n) is 6.75.